The van der Waals surface area contributed by atoms with E-state index in [4.69, 9.17) is 18.9 Å². The van der Waals surface area contributed by atoms with Crippen LogP contribution in [0.2, 0.25) is 0 Å². The number of aromatic nitrogens is 3. The number of fused-ring (bicyclic) bond motifs is 3. The Bertz CT molecular complexity index is 1940. The van der Waals surface area contributed by atoms with Crippen LogP contribution < -0.4 is 15.2 Å². The molecule has 0 radical (unpaired) electrons. The number of hydrogen-bond acceptors (Lipinski definition) is 7. The van der Waals surface area contributed by atoms with Crippen LogP contribution in [0, 0.1) is 0 Å². The van der Waals surface area contributed by atoms with Crippen LogP contribution in [0.15, 0.2) is 114 Å². The summed E-state index contributed by atoms with van der Waals surface area (Å²) >= 11 is 0. The van der Waals surface area contributed by atoms with Gasteiger partial charge in [0.05, 0.1) is 26.9 Å². The fourth-order valence-corrected chi connectivity index (χ4v) is 6.24. The maximum Gasteiger partial charge on any atom is 0.351 e. The molecule has 6 aromatic rings. The van der Waals surface area contributed by atoms with Crippen molar-refractivity contribution in [3.8, 4) is 11.5 Å². The van der Waals surface area contributed by atoms with E-state index < -0.39 is 29.7 Å². The third-order valence-electron chi connectivity index (χ3n) is 8.57. The first-order valence-electron chi connectivity index (χ1n) is 14.8. The second-order valence-electron chi connectivity index (χ2n) is 11.1. The predicted octanol–water partition coefficient (Wildman–Crippen LogP) is 5.55. The van der Waals surface area contributed by atoms with Crippen molar-refractivity contribution in [2.45, 2.75) is 30.5 Å². The molecule has 0 aliphatic carbocycles. The number of ether oxygens (including phenoxy) is 4. The molecule has 4 aromatic carbocycles. The molecule has 9 nitrogen and oxygen atoms in total. The number of aromatic amines is 1. The van der Waals surface area contributed by atoms with Crippen molar-refractivity contribution >= 4 is 21.9 Å². The molecule has 0 spiro atoms. The molecule has 1 saturated heterocycles. The van der Waals surface area contributed by atoms with E-state index in [1.165, 1.54) is 4.57 Å². The average Bonchev–Trinajstić information content (AvgIpc) is 3.64. The molecule has 3 heterocycles. The van der Waals surface area contributed by atoms with Crippen LogP contribution in [0.1, 0.15) is 29.3 Å². The van der Waals surface area contributed by atoms with Gasteiger partial charge in [-0.2, -0.15) is 4.98 Å². The maximum atomic E-state index is 13.1. The van der Waals surface area contributed by atoms with Gasteiger partial charge in [-0.05, 0) is 47.0 Å². The Kier molecular flexibility index (Phi) is 7.58. The van der Waals surface area contributed by atoms with Gasteiger partial charge in [-0.3, -0.25) is 4.57 Å². The molecule has 9 heteroatoms. The fraction of sp³-hybridized carbons (Fsp3) is 0.222. The Balaban J connectivity index is 1.24. The minimum absolute atomic E-state index is 0.0438. The molecule has 7 rings (SSSR count). The van der Waals surface area contributed by atoms with Crippen molar-refractivity contribution in [3.63, 3.8) is 0 Å². The molecule has 3 atom stereocenters. The number of aliphatic hydroxyl groups is 1. The molecule has 2 aromatic heterocycles. The topological polar surface area (TPSA) is 108 Å². The Morgan fingerprint density at radius 2 is 1.44 bits per heavy atom. The Morgan fingerprint density at radius 3 is 2.09 bits per heavy atom. The van der Waals surface area contributed by atoms with Crippen LogP contribution in [0.4, 0.5) is 0 Å². The number of H-pyrrole nitrogens is 1. The van der Waals surface area contributed by atoms with E-state index in [9.17, 15) is 9.90 Å². The van der Waals surface area contributed by atoms with Crippen molar-refractivity contribution in [1.29, 1.82) is 0 Å². The third-order valence-corrected chi connectivity index (χ3v) is 8.57. The lowest BCUT2D eigenvalue weighted by Gasteiger charge is -2.37. The number of benzene rings is 4. The van der Waals surface area contributed by atoms with Crippen LogP contribution in [-0.2, 0) is 15.1 Å². The third kappa shape index (κ3) is 5.14. The summed E-state index contributed by atoms with van der Waals surface area (Å²) in [6.45, 7) is 0.0438. The molecular formula is C36H33N3O6. The Labute approximate surface area is 259 Å². The zero-order chi connectivity index (χ0) is 31.0. The van der Waals surface area contributed by atoms with E-state index in [0.717, 1.165) is 44.5 Å². The number of nitrogens with zero attached hydrogens (tertiary/aromatic N) is 2. The molecule has 0 amide bonds. The summed E-state index contributed by atoms with van der Waals surface area (Å²) in [5, 5.41) is 13.0. The van der Waals surface area contributed by atoms with Crippen LogP contribution in [-0.4, -0.2) is 52.7 Å². The van der Waals surface area contributed by atoms with Gasteiger partial charge in [0.1, 0.15) is 35.1 Å². The summed E-state index contributed by atoms with van der Waals surface area (Å²) in [4.78, 5) is 20.6. The van der Waals surface area contributed by atoms with Crippen LogP contribution in [0.25, 0.3) is 21.9 Å². The summed E-state index contributed by atoms with van der Waals surface area (Å²) < 4.78 is 25.6. The quantitative estimate of drug-likeness (QED) is 0.209. The number of para-hydroxylation sites is 1. The van der Waals surface area contributed by atoms with Gasteiger partial charge in [0, 0.05) is 28.9 Å². The SMILES string of the molecule is COc1ccc(C(OC[C@H]2O[C@@H](n3cc4c(nc3=O)[nH]c3ccccc34)C[C@@H]2O)(c2ccccc2)c2ccc(OC)cc2)cc1. The smallest absolute Gasteiger partial charge is 0.351 e. The van der Waals surface area contributed by atoms with Crippen molar-refractivity contribution in [3.05, 3.63) is 136 Å². The van der Waals surface area contributed by atoms with Gasteiger partial charge >= 0.3 is 5.69 Å². The van der Waals surface area contributed by atoms with Gasteiger partial charge < -0.3 is 29.0 Å². The van der Waals surface area contributed by atoms with Gasteiger partial charge in [-0.15, -0.1) is 0 Å². The van der Waals surface area contributed by atoms with E-state index in [0.29, 0.717) is 5.65 Å². The molecule has 0 unspecified atom stereocenters. The van der Waals surface area contributed by atoms with Gasteiger partial charge in [-0.25, -0.2) is 4.79 Å². The summed E-state index contributed by atoms with van der Waals surface area (Å²) in [6, 6.07) is 33.2. The Morgan fingerprint density at radius 1 is 0.844 bits per heavy atom. The molecule has 1 aliphatic heterocycles. The van der Waals surface area contributed by atoms with E-state index in [1.807, 2.05) is 103 Å². The first-order valence-corrected chi connectivity index (χ1v) is 14.8. The number of nitrogens with one attached hydrogen (secondary N) is 1. The highest BCUT2D eigenvalue weighted by Gasteiger charge is 2.42. The minimum Gasteiger partial charge on any atom is -0.497 e. The van der Waals surface area contributed by atoms with Crippen LogP contribution in [0.3, 0.4) is 0 Å². The molecule has 45 heavy (non-hydrogen) atoms. The van der Waals surface area contributed by atoms with Crippen LogP contribution in [0.5, 0.6) is 11.5 Å². The van der Waals surface area contributed by atoms with Gasteiger partial charge in [0.25, 0.3) is 0 Å². The molecule has 1 fully saturated rings. The summed E-state index contributed by atoms with van der Waals surface area (Å²) in [6.07, 6.45) is -0.319. The highest BCUT2D eigenvalue weighted by Crippen LogP contribution is 2.42. The zero-order valence-corrected chi connectivity index (χ0v) is 24.9. The first-order chi connectivity index (χ1) is 22.0. The minimum atomic E-state index is -1.07. The molecule has 1 aliphatic rings. The second-order valence-corrected chi connectivity index (χ2v) is 11.1. The molecule has 0 bridgehead atoms. The lowest BCUT2D eigenvalue weighted by Crippen LogP contribution is -2.38. The van der Waals surface area contributed by atoms with Gasteiger partial charge in [0.2, 0.25) is 0 Å². The van der Waals surface area contributed by atoms with Crippen molar-refractivity contribution < 1.29 is 24.1 Å². The monoisotopic (exact) mass is 603 g/mol. The zero-order valence-electron chi connectivity index (χ0n) is 24.9. The maximum absolute atomic E-state index is 13.1. The standard InChI is InChI=1S/C36H33N3O6/c1-42-26-16-12-24(13-17-26)36(23-8-4-3-5-9-23,25-14-18-27(43-2)19-15-25)44-22-32-31(40)20-33(45-32)39-21-29-28-10-6-7-11-30(28)37-34(29)38-35(39)41/h3-19,21,31-33,40H,20,22H2,1-2H3,(H,37,38,41)/t31-,32+,33+/m0/s1. The lowest BCUT2D eigenvalue weighted by molar-refractivity contribution is -0.0943. The molecule has 0 saturated carbocycles. The van der Waals surface area contributed by atoms with Crippen molar-refractivity contribution in [1.82, 2.24) is 14.5 Å². The van der Waals surface area contributed by atoms with Gasteiger partial charge in [-0.1, -0.05) is 72.8 Å². The highest BCUT2D eigenvalue weighted by atomic mass is 16.6. The fourth-order valence-electron chi connectivity index (χ4n) is 6.24. The number of rotatable bonds is 9. The largest absolute Gasteiger partial charge is 0.497 e. The summed E-state index contributed by atoms with van der Waals surface area (Å²) in [7, 11) is 3.26. The number of methoxy groups -OCH3 is 2. The van der Waals surface area contributed by atoms with E-state index >= 15 is 0 Å². The lowest BCUT2D eigenvalue weighted by atomic mass is 9.80. The second kappa shape index (κ2) is 11.9. The van der Waals surface area contributed by atoms with Gasteiger partial charge in [0.15, 0.2) is 0 Å². The van der Waals surface area contributed by atoms with Crippen molar-refractivity contribution in [2.75, 3.05) is 20.8 Å². The Hall–Kier alpha value is -4.96. The summed E-state index contributed by atoms with van der Waals surface area (Å²) in [5.74, 6) is 1.44. The van der Waals surface area contributed by atoms with E-state index in [-0.39, 0.29) is 13.0 Å². The molecule has 228 valence electrons. The molecule has 2 N–H and O–H groups in total. The normalized spacial score (nSPS) is 18.4. The number of aliphatic hydroxyl groups excluding tert-OH is 1. The van der Waals surface area contributed by atoms with Crippen molar-refractivity contribution in [2.24, 2.45) is 0 Å². The predicted molar refractivity (Wildman–Crippen MR) is 171 cm³/mol. The van der Waals surface area contributed by atoms with Crippen LogP contribution >= 0.6 is 0 Å². The van der Waals surface area contributed by atoms with E-state index in [1.54, 1.807) is 20.4 Å². The highest BCUT2D eigenvalue weighted by molar-refractivity contribution is 6.05. The average molecular weight is 604 g/mol. The van der Waals surface area contributed by atoms with E-state index in [2.05, 4.69) is 9.97 Å². The first kappa shape index (κ1) is 28.8. The number of hydrogen-bond donors (Lipinski definition) is 2. The molecular weight excluding hydrogens is 570 g/mol. The summed E-state index contributed by atoms with van der Waals surface area (Å²) in [5.41, 5.74) is 2.52.